The fourth-order valence-corrected chi connectivity index (χ4v) is 4.04. The Morgan fingerprint density at radius 3 is 2.68 bits per heavy atom. The van der Waals surface area contributed by atoms with Crippen molar-refractivity contribution in [3.63, 3.8) is 0 Å². The lowest BCUT2D eigenvalue weighted by atomic mass is 9.95. The van der Waals surface area contributed by atoms with Crippen molar-refractivity contribution in [3.8, 4) is 0 Å². The minimum absolute atomic E-state index is 0.809. The average Bonchev–Trinajstić information content (AvgIpc) is 2.82. The Labute approximate surface area is 114 Å². The van der Waals surface area contributed by atoms with Gasteiger partial charge in [0, 0.05) is 15.1 Å². The molecular weight excluding hydrogens is 256 g/mol. The lowest BCUT2D eigenvalue weighted by Crippen LogP contribution is -2.18. The molecule has 0 aliphatic heterocycles. The van der Waals surface area contributed by atoms with Crippen molar-refractivity contribution >= 4 is 38.3 Å². The summed E-state index contributed by atoms with van der Waals surface area (Å²) in [6, 6.07) is 12.4. The van der Waals surface area contributed by atoms with E-state index in [4.69, 9.17) is 0 Å². The van der Waals surface area contributed by atoms with Crippen LogP contribution < -0.4 is 0 Å². The number of hydrogen-bond acceptors (Lipinski definition) is 3. The van der Waals surface area contributed by atoms with Crippen LogP contribution >= 0.6 is 11.3 Å². The minimum Gasteiger partial charge on any atom is -0.386 e. The number of aliphatic hydroxyl groups excluding tert-OH is 2. The number of hydrogen-bond donors (Lipinski definition) is 2. The fraction of sp³-hybridized carbons (Fsp3) is 0.125. The van der Waals surface area contributed by atoms with E-state index < -0.39 is 12.2 Å². The van der Waals surface area contributed by atoms with Gasteiger partial charge >= 0.3 is 0 Å². The van der Waals surface area contributed by atoms with Gasteiger partial charge < -0.3 is 10.2 Å². The van der Waals surface area contributed by atoms with Crippen molar-refractivity contribution in [2.45, 2.75) is 12.2 Å². The standard InChI is InChI=1S/C16H12O2S/c17-12-7-8-13-14(15(12)18)11-6-5-9-3-1-2-4-10(9)16(11)19-13/h1-8,12,15,17-18H/t12-,15-/m0/s1. The van der Waals surface area contributed by atoms with Crippen LogP contribution in [0, 0.1) is 0 Å². The molecule has 0 spiro atoms. The molecule has 3 heteroatoms. The Balaban J connectivity index is 2.15. The van der Waals surface area contributed by atoms with Crippen molar-refractivity contribution in [2.24, 2.45) is 0 Å². The van der Waals surface area contributed by atoms with Gasteiger partial charge in [0.2, 0.25) is 0 Å². The molecule has 2 N–H and O–H groups in total. The summed E-state index contributed by atoms with van der Waals surface area (Å²) in [5.74, 6) is 0. The first kappa shape index (κ1) is 11.2. The quantitative estimate of drug-likeness (QED) is 0.655. The van der Waals surface area contributed by atoms with Crippen molar-refractivity contribution in [1.29, 1.82) is 0 Å². The van der Waals surface area contributed by atoms with Crippen molar-refractivity contribution in [1.82, 2.24) is 0 Å². The topological polar surface area (TPSA) is 40.5 Å². The van der Waals surface area contributed by atoms with E-state index >= 15 is 0 Å². The molecule has 19 heavy (non-hydrogen) atoms. The van der Waals surface area contributed by atoms with Crippen LogP contribution in [0.5, 0.6) is 0 Å². The number of benzene rings is 2. The molecule has 0 saturated carbocycles. The highest BCUT2D eigenvalue weighted by Crippen LogP contribution is 2.42. The molecule has 3 aromatic rings. The van der Waals surface area contributed by atoms with Gasteiger partial charge in [-0.1, -0.05) is 42.5 Å². The minimum atomic E-state index is -0.824. The summed E-state index contributed by atoms with van der Waals surface area (Å²) in [6.07, 6.45) is 1.93. The highest BCUT2D eigenvalue weighted by Gasteiger charge is 2.26. The maximum Gasteiger partial charge on any atom is 0.110 e. The summed E-state index contributed by atoms with van der Waals surface area (Å²) >= 11 is 1.68. The second-order valence-corrected chi connectivity index (χ2v) is 5.89. The molecule has 0 radical (unpaired) electrons. The molecule has 0 fully saturated rings. The summed E-state index contributed by atoms with van der Waals surface area (Å²) in [7, 11) is 0. The van der Waals surface area contributed by atoms with E-state index in [1.165, 1.54) is 15.5 Å². The smallest absolute Gasteiger partial charge is 0.110 e. The molecule has 0 amide bonds. The zero-order chi connectivity index (χ0) is 13.0. The Hall–Kier alpha value is -1.68. The maximum atomic E-state index is 10.2. The lowest BCUT2D eigenvalue weighted by Gasteiger charge is -2.19. The van der Waals surface area contributed by atoms with Crippen LogP contribution in [-0.4, -0.2) is 16.3 Å². The van der Waals surface area contributed by atoms with Crippen LogP contribution in [-0.2, 0) is 0 Å². The normalized spacial score (nSPS) is 22.0. The maximum absolute atomic E-state index is 10.2. The Kier molecular flexibility index (Phi) is 2.30. The molecule has 2 aromatic carbocycles. The zero-order valence-electron chi connectivity index (χ0n) is 10.1. The highest BCUT2D eigenvalue weighted by molar-refractivity contribution is 7.21. The van der Waals surface area contributed by atoms with Crippen molar-refractivity contribution in [3.05, 3.63) is 52.9 Å². The van der Waals surface area contributed by atoms with Crippen LogP contribution in [0.1, 0.15) is 16.5 Å². The summed E-state index contributed by atoms with van der Waals surface area (Å²) in [5, 5.41) is 23.4. The summed E-state index contributed by atoms with van der Waals surface area (Å²) < 4.78 is 1.18. The molecule has 4 rings (SSSR count). The van der Waals surface area contributed by atoms with Crippen LogP contribution in [0.4, 0.5) is 0 Å². The van der Waals surface area contributed by atoms with E-state index in [1.54, 1.807) is 17.4 Å². The molecule has 0 saturated heterocycles. The third kappa shape index (κ3) is 1.49. The van der Waals surface area contributed by atoms with E-state index in [9.17, 15) is 10.2 Å². The summed E-state index contributed by atoms with van der Waals surface area (Å²) in [5.41, 5.74) is 0.862. The predicted molar refractivity (Wildman–Crippen MR) is 79.3 cm³/mol. The van der Waals surface area contributed by atoms with Gasteiger partial charge in [0.15, 0.2) is 0 Å². The first-order valence-corrected chi connectivity index (χ1v) is 7.06. The van der Waals surface area contributed by atoms with Crippen molar-refractivity contribution < 1.29 is 10.2 Å². The lowest BCUT2D eigenvalue weighted by molar-refractivity contribution is 0.0483. The molecule has 1 aromatic heterocycles. The largest absolute Gasteiger partial charge is 0.386 e. The molecule has 2 nitrogen and oxygen atoms in total. The second kappa shape index (κ2) is 3.90. The monoisotopic (exact) mass is 268 g/mol. The first-order chi connectivity index (χ1) is 9.25. The molecular formula is C16H12O2S. The number of aliphatic hydroxyl groups is 2. The van der Waals surface area contributed by atoms with Gasteiger partial charge in [-0.25, -0.2) is 0 Å². The second-order valence-electron chi connectivity index (χ2n) is 4.84. The third-order valence-electron chi connectivity index (χ3n) is 3.71. The average molecular weight is 268 g/mol. The van der Waals surface area contributed by atoms with E-state index in [1.807, 2.05) is 24.3 Å². The van der Waals surface area contributed by atoms with Gasteiger partial charge in [-0.2, -0.15) is 0 Å². The van der Waals surface area contributed by atoms with Crippen LogP contribution in [0.15, 0.2) is 42.5 Å². The van der Waals surface area contributed by atoms with E-state index in [0.717, 1.165) is 15.8 Å². The van der Waals surface area contributed by atoms with Crippen LogP contribution in [0.3, 0.4) is 0 Å². The number of fused-ring (bicyclic) bond motifs is 5. The van der Waals surface area contributed by atoms with Gasteiger partial charge in [-0.3, -0.25) is 0 Å². The van der Waals surface area contributed by atoms with E-state index in [0.29, 0.717) is 0 Å². The predicted octanol–water partition coefficient (Wildman–Crippen LogP) is 3.48. The highest BCUT2D eigenvalue weighted by atomic mass is 32.1. The molecule has 1 heterocycles. The molecule has 0 bridgehead atoms. The zero-order valence-corrected chi connectivity index (χ0v) is 10.9. The third-order valence-corrected chi connectivity index (χ3v) is 4.93. The molecule has 1 aliphatic rings. The summed E-state index contributed by atoms with van der Waals surface area (Å²) in [6.45, 7) is 0. The fourth-order valence-electron chi connectivity index (χ4n) is 2.75. The van der Waals surface area contributed by atoms with Gasteiger partial charge in [-0.05, 0) is 22.2 Å². The molecule has 94 valence electrons. The first-order valence-electron chi connectivity index (χ1n) is 6.24. The van der Waals surface area contributed by atoms with Gasteiger partial charge in [-0.15, -0.1) is 11.3 Å². The van der Waals surface area contributed by atoms with Gasteiger partial charge in [0.1, 0.15) is 12.2 Å². The summed E-state index contributed by atoms with van der Waals surface area (Å²) in [4.78, 5) is 1.05. The molecule has 1 aliphatic carbocycles. The molecule has 0 unspecified atom stereocenters. The Morgan fingerprint density at radius 2 is 1.79 bits per heavy atom. The van der Waals surface area contributed by atoms with E-state index in [2.05, 4.69) is 18.2 Å². The van der Waals surface area contributed by atoms with Crippen LogP contribution in [0.25, 0.3) is 26.9 Å². The van der Waals surface area contributed by atoms with Gasteiger partial charge in [0.05, 0.1) is 0 Å². The Morgan fingerprint density at radius 1 is 0.947 bits per heavy atom. The Bertz CT molecular complexity index is 816. The van der Waals surface area contributed by atoms with Crippen LogP contribution in [0.2, 0.25) is 0 Å². The van der Waals surface area contributed by atoms with Gasteiger partial charge in [0.25, 0.3) is 0 Å². The SMILES string of the molecule is O[C@@H]1c2c(sc3c2ccc2ccccc23)C=C[C@@H]1O. The molecule has 2 atom stereocenters. The number of rotatable bonds is 0. The van der Waals surface area contributed by atoms with Crippen molar-refractivity contribution in [2.75, 3.05) is 0 Å². The number of thiophene rings is 1. The van der Waals surface area contributed by atoms with E-state index in [-0.39, 0.29) is 0 Å².